The van der Waals surface area contributed by atoms with Gasteiger partial charge in [-0.1, -0.05) is 48.6 Å². The number of rotatable bonds is 10. The normalized spacial score (nSPS) is 15.1. The third-order valence-electron chi connectivity index (χ3n) is 3.35. The molecular formula is C18H24O2. The predicted molar refractivity (Wildman–Crippen MR) is 84.5 cm³/mol. The van der Waals surface area contributed by atoms with Crippen LogP contribution in [-0.4, -0.2) is 17.8 Å². The molecule has 2 heteroatoms. The van der Waals surface area contributed by atoms with Crippen molar-refractivity contribution in [3.8, 4) is 0 Å². The molecule has 2 atom stereocenters. The first-order valence-corrected chi connectivity index (χ1v) is 6.91. The highest BCUT2D eigenvalue weighted by Gasteiger charge is 2.39. The van der Waals surface area contributed by atoms with E-state index in [0.29, 0.717) is 19.4 Å². The number of hydrogen-bond donors (Lipinski definition) is 1. The summed E-state index contributed by atoms with van der Waals surface area (Å²) < 4.78 is 5.99. The fourth-order valence-corrected chi connectivity index (χ4v) is 2.34. The Morgan fingerprint density at radius 1 is 1.10 bits per heavy atom. The third kappa shape index (κ3) is 3.92. The van der Waals surface area contributed by atoms with E-state index >= 15 is 0 Å². The van der Waals surface area contributed by atoms with Crippen LogP contribution in [0.4, 0.5) is 0 Å². The first kappa shape index (κ1) is 16.4. The minimum atomic E-state index is -0.778. The summed E-state index contributed by atoms with van der Waals surface area (Å²) >= 11 is 0. The van der Waals surface area contributed by atoms with Gasteiger partial charge in [0.2, 0.25) is 0 Å². The number of hydrogen-bond acceptors (Lipinski definition) is 2. The summed E-state index contributed by atoms with van der Waals surface area (Å²) in [6, 6.07) is 9.80. The van der Waals surface area contributed by atoms with Crippen LogP contribution in [0.1, 0.15) is 24.8 Å². The lowest BCUT2D eigenvalue weighted by Crippen LogP contribution is -2.42. The highest BCUT2D eigenvalue weighted by Crippen LogP contribution is 2.36. The molecule has 0 spiro atoms. The Hall–Kier alpha value is -1.64. The van der Waals surface area contributed by atoms with Crippen LogP contribution in [0.2, 0.25) is 0 Å². The number of allylic oxidation sites excluding steroid dienone is 1. The van der Waals surface area contributed by atoms with Crippen LogP contribution in [0.3, 0.4) is 0 Å². The number of aliphatic hydroxyl groups is 1. The van der Waals surface area contributed by atoms with E-state index in [9.17, 15) is 5.11 Å². The molecule has 0 saturated carbocycles. The SMILES string of the molecule is C=CCC[C@@H](O)[C@@](CC=C)(OCC=C)c1ccccc1. The Kier molecular flexibility index (Phi) is 6.99. The van der Waals surface area contributed by atoms with Crippen LogP contribution in [0.15, 0.2) is 68.3 Å². The Morgan fingerprint density at radius 3 is 2.35 bits per heavy atom. The van der Waals surface area contributed by atoms with Crippen molar-refractivity contribution in [1.29, 1.82) is 0 Å². The lowest BCUT2D eigenvalue weighted by atomic mass is 9.82. The molecule has 1 aromatic carbocycles. The van der Waals surface area contributed by atoms with Gasteiger partial charge in [0.15, 0.2) is 0 Å². The molecule has 0 radical (unpaired) electrons. The molecule has 0 aliphatic carbocycles. The van der Waals surface area contributed by atoms with E-state index in [1.54, 1.807) is 18.2 Å². The Balaban J connectivity index is 3.15. The zero-order chi connectivity index (χ0) is 14.8. The molecule has 20 heavy (non-hydrogen) atoms. The van der Waals surface area contributed by atoms with Crippen molar-refractivity contribution < 1.29 is 9.84 Å². The van der Waals surface area contributed by atoms with E-state index in [1.807, 2.05) is 30.3 Å². The second-order valence-corrected chi connectivity index (χ2v) is 4.73. The van der Waals surface area contributed by atoms with Gasteiger partial charge in [0.05, 0.1) is 12.7 Å². The fourth-order valence-electron chi connectivity index (χ4n) is 2.34. The van der Waals surface area contributed by atoms with Gasteiger partial charge < -0.3 is 9.84 Å². The van der Waals surface area contributed by atoms with Crippen molar-refractivity contribution in [3.63, 3.8) is 0 Å². The summed E-state index contributed by atoms with van der Waals surface area (Å²) in [7, 11) is 0. The first-order chi connectivity index (χ1) is 9.71. The summed E-state index contributed by atoms with van der Waals surface area (Å²) in [4.78, 5) is 0. The second-order valence-electron chi connectivity index (χ2n) is 4.73. The molecule has 1 N–H and O–H groups in total. The average Bonchev–Trinajstić information content (AvgIpc) is 2.50. The third-order valence-corrected chi connectivity index (χ3v) is 3.35. The molecule has 0 aliphatic heterocycles. The van der Waals surface area contributed by atoms with E-state index in [2.05, 4.69) is 19.7 Å². The van der Waals surface area contributed by atoms with Crippen molar-refractivity contribution in [2.45, 2.75) is 31.0 Å². The maximum atomic E-state index is 10.6. The van der Waals surface area contributed by atoms with Gasteiger partial charge in [-0.2, -0.15) is 0 Å². The number of benzene rings is 1. The van der Waals surface area contributed by atoms with Gasteiger partial charge in [0.25, 0.3) is 0 Å². The van der Waals surface area contributed by atoms with Crippen LogP contribution in [0, 0.1) is 0 Å². The van der Waals surface area contributed by atoms with Crippen molar-refractivity contribution in [1.82, 2.24) is 0 Å². The summed E-state index contributed by atoms with van der Waals surface area (Å²) in [5.74, 6) is 0. The highest BCUT2D eigenvalue weighted by atomic mass is 16.5. The molecule has 0 saturated heterocycles. The van der Waals surface area contributed by atoms with E-state index in [4.69, 9.17) is 4.74 Å². The smallest absolute Gasteiger partial charge is 0.123 e. The van der Waals surface area contributed by atoms with Crippen LogP contribution in [-0.2, 0) is 10.3 Å². The largest absolute Gasteiger partial charge is 0.390 e. The van der Waals surface area contributed by atoms with Gasteiger partial charge in [-0.25, -0.2) is 0 Å². The molecule has 0 unspecified atom stereocenters. The van der Waals surface area contributed by atoms with Gasteiger partial charge in [0, 0.05) is 6.42 Å². The predicted octanol–water partition coefficient (Wildman–Crippen LogP) is 3.99. The second kappa shape index (κ2) is 8.51. The zero-order valence-corrected chi connectivity index (χ0v) is 12.0. The zero-order valence-electron chi connectivity index (χ0n) is 12.0. The molecule has 108 valence electrons. The summed E-state index contributed by atoms with van der Waals surface area (Å²) in [6.07, 6.45) is 6.55. The molecule has 0 bridgehead atoms. The van der Waals surface area contributed by atoms with Gasteiger partial charge in [-0.15, -0.1) is 19.7 Å². The van der Waals surface area contributed by atoms with E-state index in [1.165, 1.54) is 0 Å². The van der Waals surface area contributed by atoms with Gasteiger partial charge in [-0.05, 0) is 18.4 Å². The summed E-state index contributed by atoms with van der Waals surface area (Å²) in [5, 5.41) is 10.6. The van der Waals surface area contributed by atoms with E-state index < -0.39 is 11.7 Å². The van der Waals surface area contributed by atoms with E-state index in [-0.39, 0.29) is 0 Å². The standard InChI is InChI=1S/C18H24O2/c1-4-7-13-17(19)18(14-5-2,20-15-6-3)16-11-9-8-10-12-16/h4-6,8-12,17,19H,1-3,7,13-15H2/t17-,18+/m1/s1. The minimum absolute atomic E-state index is 0.383. The minimum Gasteiger partial charge on any atom is -0.390 e. The maximum Gasteiger partial charge on any atom is 0.123 e. The quantitative estimate of drug-likeness (QED) is 0.653. The lowest BCUT2D eigenvalue weighted by molar-refractivity contribution is -0.122. The number of aliphatic hydroxyl groups excluding tert-OH is 1. The molecule has 2 nitrogen and oxygen atoms in total. The van der Waals surface area contributed by atoms with Crippen molar-refractivity contribution in [2.24, 2.45) is 0 Å². The van der Waals surface area contributed by atoms with Crippen molar-refractivity contribution in [2.75, 3.05) is 6.61 Å². The molecule has 0 heterocycles. The van der Waals surface area contributed by atoms with Crippen molar-refractivity contribution in [3.05, 3.63) is 73.9 Å². The molecule has 0 fully saturated rings. The molecule has 0 aliphatic rings. The van der Waals surface area contributed by atoms with Crippen LogP contribution in [0.5, 0.6) is 0 Å². The monoisotopic (exact) mass is 272 g/mol. The van der Waals surface area contributed by atoms with Crippen LogP contribution >= 0.6 is 0 Å². The molecule has 1 aromatic rings. The molecule has 0 aromatic heterocycles. The van der Waals surface area contributed by atoms with E-state index in [0.717, 1.165) is 12.0 Å². The maximum absolute atomic E-state index is 10.6. The highest BCUT2D eigenvalue weighted by molar-refractivity contribution is 5.25. The van der Waals surface area contributed by atoms with Gasteiger partial charge in [-0.3, -0.25) is 0 Å². The van der Waals surface area contributed by atoms with Crippen molar-refractivity contribution >= 4 is 0 Å². The van der Waals surface area contributed by atoms with Gasteiger partial charge >= 0.3 is 0 Å². The molecular weight excluding hydrogens is 248 g/mol. The van der Waals surface area contributed by atoms with Gasteiger partial charge in [0.1, 0.15) is 5.60 Å². The summed E-state index contributed by atoms with van der Waals surface area (Å²) in [6.45, 7) is 11.6. The molecule has 1 rings (SSSR count). The first-order valence-electron chi connectivity index (χ1n) is 6.91. The molecule has 0 amide bonds. The Labute approximate surface area is 122 Å². The topological polar surface area (TPSA) is 29.5 Å². The fraction of sp³-hybridized carbons (Fsp3) is 0.333. The summed E-state index contributed by atoms with van der Waals surface area (Å²) in [5.41, 5.74) is 0.179. The van der Waals surface area contributed by atoms with Crippen LogP contribution < -0.4 is 0 Å². The van der Waals surface area contributed by atoms with Crippen LogP contribution in [0.25, 0.3) is 0 Å². The Bertz CT molecular complexity index is 424. The number of ether oxygens (including phenoxy) is 1. The average molecular weight is 272 g/mol. The lowest BCUT2D eigenvalue weighted by Gasteiger charge is -2.37. The Morgan fingerprint density at radius 2 is 1.80 bits per heavy atom.